The van der Waals surface area contributed by atoms with E-state index in [1.54, 1.807) is 70.9 Å². The van der Waals surface area contributed by atoms with Crippen LogP contribution in [0.4, 0.5) is 0 Å². The fourth-order valence-electron chi connectivity index (χ4n) is 2.75. The van der Waals surface area contributed by atoms with Gasteiger partial charge in [0.1, 0.15) is 17.2 Å². The first kappa shape index (κ1) is 20.7. The molecule has 0 atom stereocenters. The Balaban J connectivity index is 1.72. The molecule has 1 amide bonds. The molecular formula is C21H22N4O5. The molecule has 1 heterocycles. The van der Waals surface area contributed by atoms with Crippen LogP contribution in [0.1, 0.15) is 16.1 Å². The Morgan fingerprint density at radius 2 is 1.67 bits per heavy atom. The van der Waals surface area contributed by atoms with E-state index in [0.717, 1.165) is 5.56 Å². The molecular weight excluding hydrogens is 388 g/mol. The summed E-state index contributed by atoms with van der Waals surface area (Å²) in [6, 6.07) is 12.2. The first-order valence-electron chi connectivity index (χ1n) is 8.92. The normalized spacial score (nSPS) is 10.7. The molecule has 0 bridgehead atoms. The summed E-state index contributed by atoms with van der Waals surface area (Å²) >= 11 is 0. The Morgan fingerprint density at radius 1 is 0.933 bits per heavy atom. The number of nitrogens with one attached hydrogen (secondary N) is 2. The zero-order valence-electron chi connectivity index (χ0n) is 17.1. The first-order valence-corrected chi connectivity index (χ1v) is 8.92. The largest absolute Gasteiger partial charge is 0.497 e. The average Bonchev–Trinajstić information content (AvgIpc) is 3.28. The summed E-state index contributed by atoms with van der Waals surface area (Å²) in [5, 5.41) is 10.9. The van der Waals surface area contributed by atoms with E-state index in [9.17, 15) is 4.79 Å². The lowest BCUT2D eigenvalue weighted by molar-refractivity contribution is 0.0950. The van der Waals surface area contributed by atoms with Crippen LogP contribution in [-0.2, 0) is 0 Å². The van der Waals surface area contributed by atoms with Gasteiger partial charge in [-0.1, -0.05) is 0 Å². The van der Waals surface area contributed by atoms with E-state index in [1.165, 1.54) is 6.21 Å². The summed E-state index contributed by atoms with van der Waals surface area (Å²) < 4.78 is 21.1. The highest BCUT2D eigenvalue weighted by atomic mass is 16.5. The smallest absolute Gasteiger partial charge is 0.289 e. The average molecular weight is 410 g/mol. The second-order valence-electron chi connectivity index (χ2n) is 6.05. The number of carbonyl (C=O) groups excluding carboxylic acids is 1. The lowest BCUT2D eigenvalue weighted by Gasteiger charge is -2.08. The summed E-state index contributed by atoms with van der Waals surface area (Å²) in [6.45, 7) is 0. The number of methoxy groups -OCH3 is 4. The van der Waals surface area contributed by atoms with E-state index in [2.05, 4.69) is 20.7 Å². The maximum Gasteiger partial charge on any atom is 0.289 e. The van der Waals surface area contributed by atoms with Crippen LogP contribution in [-0.4, -0.2) is 50.8 Å². The van der Waals surface area contributed by atoms with Gasteiger partial charge < -0.3 is 18.9 Å². The van der Waals surface area contributed by atoms with Gasteiger partial charge in [0, 0.05) is 5.56 Å². The fraction of sp³-hybridized carbons (Fsp3) is 0.190. The highest BCUT2D eigenvalue weighted by Gasteiger charge is 2.14. The lowest BCUT2D eigenvalue weighted by Crippen LogP contribution is -2.18. The van der Waals surface area contributed by atoms with Gasteiger partial charge in [-0.05, 0) is 48.0 Å². The predicted molar refractivity (Wildman–Crippen MR) is 112 cm³/mol. The maximum absolute atomic E-state index is 12.4. The van der Waals surface area contributed by atoms with Crippen molar-refractivity contribution in [1.82, 2.24) is 15.6 Å². The van der Waals surface area contributed by atoms with E-state index < -0.39 is 5.91 Å². The van der Waals surface area contributed by atoms with Crippen LogP contribution in [0.25, 0.3) is 11.3 Å². The van der Waals surface area contributed by atoms with Crippen molar-refractivity contribution >= 4 is 12.1 Å². The number of hydrogen-bond acceptors (Lipinski definition) is 7. The van der Waals surface area contributed by atoms with Gasteiger partial charge in [-0.25, -0.2) is 5.43 Å². The van der Waals surface area contributed by atoms with E-state index in [-0.39, 0.29) is 5.69 Å². The van der Waals surface area contributed by atoms with Gasteiger partial charge in [0.15, 0.2) is 11.5 Å². The Bertz CT molecular complexity index is 1060. The van der Waals surface area contributed by atoms with Gasteiger partial charge in [0.2, 0.25) is 0 Å². The van der Waals surface area contributed by atoms with Crippen molar-refractivity contribution < 1.29 is 23.7 Å². The minimum atomic E-state index is -0.438. The monoisotopic (exact) mass is 410 g/mol. The summed E-state index contributed by atoms with van der Waals surface area (Å²) in [5.41, 5.74) is 4.68. The third-order valence-electron chi connectivity index (χ3n) is 4.29. The number of hydrazone groups is 1. The molecule has 9 heteroatoms. The highest BCUT2D eigenvalue weighted by Crippen LogP contribution is 2.32. The van der Waals surface area contributed by atoms with Crippen LogP contribution in [0.2, 0.25) is 0 Å². The molecule has 0 aliphatic heterocycles. The number of hydrogen-bond donors (Lipinski definition) is 2. The third kappa shape index (κ3) is 4.52. The van der Waals surface area contributed by atoms with Crippen molar-refractivity contribution in [2.45, 2.75) is 0 Å². The second kappa shape index (κ2) is 9.46. The highest BCUT2D eigenvalue weighted by molar-refractivity contribution is 5.94. The SMILES string of the molecule is COc1ccc(OC)c(-c2cc(C(=O)N/N=C/c3ccc(OC)c(OC)c3)[nH]n2)c1. The van der Waals surface area contributed by atoms with Crippen molar-refractivity contribution in [3.05, 3.63) is 53.7 Å². The number of rotatable bonds is 8. The van der Waals surface area contributed by atoms with Crippen LogP contribution in [0.5, 0.6) is 23.0 Å². The van der Waals surface area contributed by atoms with Crippen LogP contribution in [0, 0.1) is 0 Å². The molecule has 0 aliphatic rings. The lowest BCUT2D eigenvalue weighted by atomic mass is 10.1. The second-order valence-corrected chi connectivity index (χ2v) is 6.05. The van der Waals surface area contributed by atoms with Crippen LogP contribution < -0.4 is 24.4 Å². The van der Waals surface area contributed by atoms with Crippen molar-refractivity contribution in [3.8, 4) is 34.3 Å². The summed E-state index contributed by atoms with van der Waals surface area (Å²) in [4.78, 5) is 12.4. The van der Waals surface area contributed by atoms with Crippen LogP contribution >= 0.6 is 0 Å². The van der Waals surface area contributed by atoms with E-state index in [0.29, 0.717) is 34.3 Å². The molecule has 9 nitrogen and oxygen atoms in total. The fourth-order valence-corrected chi connectivity index (χ4v) is 2.75. The van der Waals surface area contributed by atoms with Crippen molar-refractivity contribution in [3.63, 3.8) is 0 Å². The zero-order chi connectivity index (χ0) is 21.5. The zero-order valence-corrected chi connectivity index (χ0v) is 17.1. The van der Waals surface area contributed by atoms with Gasteiger partial charge in [-0.15, -0.1) is 0 Å². The van der Waals surface area contributed by atoms with E-state index in [1.807, 2.05) is 0 Å². The number of aromatic amines is 1. The number of aromatic nitrogens is 2. The topological polar surface area (TPSA) is 107 Å². The van der Waals surface area contributed by atoms with Gasteiger partial charge in [-0.2, -0.15) is 10.2 Å². The molecule has 156 valence electrons. The Morgan fingerprint density at radius 3 is 2.37 bits per heavy atom. The third-order valence-corrected chi connectivity index (χ3v) is 4.29. The molecule has 0 saturated heterocycles. The van der Waals surface area contributed by atoms with Crippen molar-refractivity contribution in [1.29, 1.82) is 0 Å². The summed E-state index contributed by atoms with van der Waals surface area (Å²) in [6.07, 6.45) is 1.50. The number of H-pyrrole nitrogens is 1. The van der Waals surface area contributed by atoms with Gasteiger partial charge in [-0.3, -0.25) is 9.89 Å². The van der Waals surface area contributed by atoms with Gasteiger partial charge in [0.05, 0.1) is 40.3 Å². The van der Waals surface area contributed by atoms with Gasteiger partial charge in [0.25, 0.3) is 5.91 Å². The Labute approximate surface area is 173 Å². The molecule has 0 aliphatic carbocycles. The molecule has 2 N–H and O–H groups in total. The molecule has 3 rings (SSSR count). The number of carbonyl (C=O) groups is 1. The molecule has 30 heavy (non-hydrogen) atoms. The molecule has 0 unspecified atom stereocenters. The summed E-state index contributed by atoms with van der Waals surface area (Å²) in [7, 11) is 6.25. The molecule has 2 aromatic carbocycles. The standard InChI is InChI=1S/C21H22N4O5/c1-27-14-6-8-18(28-2)15(10-14)16-11-17(24-23-16)21(26)25-22-12-13-5-7-19(29-3)20(9-13)30-4/h5-12H,1-4H3,(H,23,24)(H,25,26)/b22-12+. The first-order chi connectivity index (χ1) is 14.6. The van der Waals surface area contributed by atoms with E-state index >= 15 is 0 Å². The number of nitrogens with zero attached hydrogens (tertiary/aromatic N) is 2. The number of amides is 1. The summed E-state index contributed by atoms with van der Waals surface area (Å²) in [5.74, 6) is 2.00. The number of ether oxygens (including phenoxy) is 4. The van der Waals surface area contributed by atoms with Crippen LogP contribution in [0.15, 0.2) is 47.6 Å². The molecule has 0 saturated carbocycles. The van der Waals surface area contributed by atoms with Gasteiger partial charge >= 0.3 is 0 Å². The molecule has 3 aromatic rings. The van der Waals surface area contributed by atoms with Crippen LogP contribution in [0.3, 0.4) is 0 Å². The van der Waals surface area contributed by atoms with Crippen molar-refractivity contribution in [2.75, 3.05) is 28.4 Å². The van der Waals surface area contributed by atoms with Crippen molar-refractivity contribution in [2.24, 2.45) is 5.10 Å². The molecule has 0 fully saturated rings. The minimum absolute atomic E-state index is 0.249. The Hall–Kier alpha value is -4.01. The number of benzene rings is 2. The molecule has 1 aromatic heterocycles. The Kier molecular flexibility index (Phi) is 6.53. The van der Waals surface area contributed by atoms with E-state index in [4.69, 9.17) is 18.9 Å². The molecule has 0 spiro atoms. The molecule has 0 radical (unpaired) electrons. The predicted octanol–water partition coefficient (Wildman–Crippen LogP) is 2.88. The minimum Gasteiger partial charge on any atom is -0.497 e. The maximum atomic E-state index is 12.4. The quantitative estimate of drug-likeness (QED) is 0.437.